The number of nitrogens with one attached hydrogen (secondary N) is 2. The summed E-state index contributed by atoms with van der Waals surface area (Å²) in [5.41, 5.74) is 2.62. The number of hydrogen-bond donors (Lipinski definition) is 2. The van der Waals surface area contributed by atoms with Crippen molar-refractivity contribution in [1.29, 1.82) is 0 Å². The zero-order chi connectivity index (χ0) is 6.97. The highest BCUT2D eigenvalue weighted by Gasteiger charge is 2.16. The van der Waals surface area contributed by atoms with Gasteiger partial charge in [-0.25, -0.2) is 0 Å². The van der Waals surface area contributed by atoms with E-state index in [1.54, 1.807) is 0 Å². The molecule has 1 aliphatic heterocycles. The van der Waals surface area contributed by atoms with Crippen molar-refractivity contribution in [3.63, 3.8) is 0 Å². The quantitative estimate of drug-likeness (QED) is 0.680. The Balaban J connectivity index is 0.000000605. The van der Waals surface area contributed by atoms with Crippen LogP contribution in [-0.4, -0.2) is 16.7 Å². The summed E-state index contributed by atoms with van der Waals surface area (Å²) in [7, 11) is 0. The first-order valence-electron chi connectivity index (χ1n) is 3.61. The van der Waals surface area contributed by atoms with Crippen LogP contribution in [0.15, 0.2) is 6.20 Å². The van der Waals surface area contributed by atoms with Gasteiger partial charge < -0.3 is 5.32 Å². The number of hydrogen-bond acceptors (Lipinski definition) is 2. The minimum absolute atomic E-state index is 0. The van der Waals surface area contributed by atoms with Crippen LogP contribution >= 0.6 is 24.8 Å². The predicted molar refractivity (Wildman–Crippen MR) is 53.2 cm³/mol. The molecular formula is C7H13Cl2N3. The van der Waals surface area contributed by atoms with E-state index >= 15 is 0 Å². The molecule has 0 aromatic carbocycles. The molecule has 12 heavy (non-hydrogen) atoms. The maximum atomic E-state index is 3.99. The van der Waals surface area contributed by atoms with E-state index in [0.717, 1.165) is 13.1 Å². The van der Waals surface area contributed by atoms with E-state index in [1.807, 2.05) is 6.20 Å². The van der Waals surface area contributed by atoms with Crippen molar-refractivity contribution < 1.29 is 0 Å². The molecule has 2 N–H and O–H groups in total. The largest absolute Gasteiger partial charge is 0.312 e. The number of fused-ring (bicyclic) bond motifs is 1. The molecule has 1 aliphatic rings. The molecule has 1 unspecified atom stereocenters. The molecule has 2 heterocycles. The first-order chi connectivity index (χ1) is 4.88. The summed E-state index contributed by atoms with van der Waals surface area (Å²) >= 11 is 0. The molecule has 3 nitrogen and oxygen atoms in total. The smallest absolute Gasteiger partial charge is 0.0535 e. The fraction of sp³-hybridized carbons (Fsp3) is 0.571. The van der Waals surface area contributed by atoms with Gasteiger partial charge in [0.1, 0.15) is 0 Å². The normalized spacial score (nSPS) is 20.2. The molecule has 0 spiro atoms. The zero-order valence-corrected chi connectivity index (χ0v) is 8.47. The second-order valence-electron chi connectivity index (χ2n) is 2.84. The number of rotatable bonds is 0. The fourth-order valence-electron chi connectivity index (χ4n) is 1.41. The van der Waals surface area contributed by atoms with Gasteiger partial charge >= 0.3 is 0 Å². The standard InChI is InChI=1S/C7H11N3.2ClH/c1-5-2-8-3-6-4-9-10-7(5)6;;/h4-5,8H,2-3H2,1H3,(H,9,10);2*1H. The third kappa shape index (κ3) is 1.91. The molecular weight excluding hydrogens is 197 g/mol. The molecule has 0 amide bonds. The first-order valence-corrected chi connectivity index (χ1v) is 3.61. The van der Waals surface area contributed by atoms with Crippen LogP contribution in [0.2, 0.25) is 0 Å². The highest BCUT2D eigenvalue weighted by atomic mass is 35.5. The van der Waals surface area contributed by atoms with E-state index in [4.69, 9.17) is 0 Å². The molecule has 1 atom stereocenters. The molecule has 70 valence electrons. The Morgan fingerprint density at radius 1 is 1.50 bits per heavy atom. The summed E-state index contributed by atoms with van der Waals surface area (Å²) in [6.07, 6.45) is 1.90. The number of H-pyrrole nitrogens is 1. The third-order valence-corrected chi connectivity index (χ3v) is 2.01. The lowest BCUT2D eigenvalue weighted by Gasteiger charge is -2.18. The molecule has 0 fully saturated rings. The van der Waals surface area contributed by atoms with Gasteiger partial charge in [0.15, 0.2) is 0 Å². The fourth-order valence-corrected chi connectivity index (χ4v) is 1.41. The van der Waals surface area contributed by atoms with E-state index in [9.17, 15) is 0 Å². The Morgan fingerprint density at radius 2 is 2.25 bits per heavy atom. The second kappa shape index (κ2) is 4.70. The average molecular weight is 210 g/mol. The SMILES string of the molecule is CC1CNCc2cn[nH]c21.Cl.Cl. The minimum atomic E-state index is 0. The molecule has 0 saturated heterocycles. The van der Waals surface area contributed by atoms with E-state index in [1.165, 1.54) is 11.3 Å². The van der Waals surface area contributed by atoms with Crippen LogP contribution in [0, 0.1) is 0 Å². The molecule has 5 heteroatoms. The Bertz CT molecular complexity index is 236. The molecule has 2 rings (SSSR count). The van der Waals surface area contributed by atoms with Crippen LogP contribution in [-0.2, 0) is 6.54 Å². The number of halogens is 2. The van der Waals surface area contributed by atoms with Crippen molar-refractivity contribution in [2.45, 2.75) is 19.4 Å². The summed E-state index contributed by atoms with van der Waals surface area (Å²) < 4.78 is 0. The van der Waals surface area contributed by atoms with Crippen molar-refractivity contribution in [3.8, 4) is 0 Å². The van der Waals surface area contributed by atoms with Crippen LogP contribution in [0.4, 0.5) is 0 Å². The van der Waals surface area contributed by atoms with E-state index in [-0.39, 0.29) is 24.8 Å². The Morgan fingerprint density at radius 3 is 2.92 bits per heavy atom. The lowest BCUT2D eigenvalue weighted by Crippen LogP contribution is -2.25. The molecule has 0 radical (unpaired) electrons. The van der Waals surface area contributed by atoms with Gasteiger partial charge in [-0.2, -0.15) is 5.10 Å². The molecule has 1 aromatic rings. The lowest BCUT2D eigenvalue weighted by atomic mass is 10.0. The molecule has 0 aliphatic carbocycles. The van der Waals surface area contributed by atoms with Crippen molar-refractivity contribution >= 4 is 24.8 Å². The van der Waals surface area contributed by atoms with Crippen LogP contribution in [0.3, 0.4) is 0 Å². The summed E-state index contributed by atoms with van der Waals surface area (Å²) in [6, 6.07) is 0. The molecule has 0 bridgehead atoms. The first kappa shape index (κ1) is 11.8. The Hall–Kier alpha value is -0.250. The number of aromatic amines is 1. The van der Waals surface area contributed by atoms with Gasteiger partial charge in [0.05, 0.1) is 6.20 Å². The number of nitrogens with zero attached hydrogens (tertiary/aromatic N) is 1. The number of aromatic nitrogens is 2. The van der Waals surface area contributed by atoms with Gasteiger partial charge in [-0.3, -0.25) is 5.10 Å². The zero-order valence-electron chi connectivity index (χ0n) is 6.83. The summed E-state index contributed by atoms with van der Waals surface area (Å²) in [4.78, 5) is 0. The van der Waals surface area contributed by atoms with Crippen LogP contribution < -0.4 is 5.32 Å². The topological polar surface area (TPSA) is 40.7 Å². The molecule has 0 saturated carbocycles. The van der Waals surface area contributed by atoms with Crippen molar-refractivity contribution in [2.75, 3.05) is 6.54 Å². The predicted octanol–water partition coefficient (Wildman–Crippen LogP) is 1.46. The summed E-state index contributed by atoms with van der Waals surface area (Å²) in [5, 5.41) is 10.3. The van der Waals surface area contributed by atoms with Gasteiger partial charge in [-0.1, -0.05) is 6.92 Å². The maximum absolute atomic E-state index is 3.99. The monoisotopic (exact) mass is 209 g/mol. The average Bonchev–Trinajstić information content (AvgIpc) is 2.36. The van der Waals surface area contributed by atoms with Gasteiger partial charge in [-0.15, -0.1) is 24.8 Å². The maximum Gasteiger partial charge on any atom is 0.0535 e. The van der Waals surface area contributed by atoms with Gasteiger partial charge in [0.2, 0.25) is 0 Å². The van der Waals surface area contributed by atoms with Crippen molar-refractivity contribution in [3.05, 3.63) is 17.5 Å². The Kier molecular flexibility index (Phi) is 4.60. The van der Waals surface area contributed by atoms with Gasteiger partial charge in [0, 0.05) is 30.3 Å². The van der Waals surface area contributed by atoms with Crippen molar-refractivity contribution in [2.24, 2.45) is 0 Å². The summed E-state index contributed by atoms with van der Waals surface area (Å²) in [6.45, 7) is 4.23. The Labute approximate surface area is 84.1 Å². The van der Waals surface area contributed by atoms with Crippen LogP contribution in [0.5, 0.6) is 0 Å². The third-order valence-electron chi connectivity index (χ3n) is 2.01. The van der Waals surface area contributed by atoms with Gasteiger partial charge in [0.25, 0.3) is 0 Å². The minimum Gasteiger partial charge on any atom is -0.312 e. The highest BCUT2D eigenvalue weighted by Crippen LogP contribution is 2.19. The van der Waals surface area contributed by atoms with E-state index in [0.29, 0.717) is 5.92 Å². The second-order valence-corrected chi connectivity index (χ2v) is 2.84. The molecule has 1 aromatic heterocycles. The lowest BCUT2D eigenvalue weighted by molar-refractivity contribution is 0.562. The van der Waals surface area contributed by atoms with E-state index in [2.05, 4.69) is 22.4 Å². The highest BCUT2D eigenvalue weighted by molar-refractivity contribution is 5.85. The van der Waals surface area contributed by atoms with Crippen LogP contribution in [0.1, 0.15) is 24.1 Å². The van der Waals surface area contributed by atoms with Crippen LogP contribution in [0.25, 0.3) is 0 Å². The van der Waals surface area contributed by atoms with E-state index < -0.39 is 0 Å². The van der Waals surface area contributed by atoms with Crippen molar-refractivity contribution in [1.82, 2.24) is 15.5 Å². The summed E-state index contributed by atoms with van der Waals surface area (Å²) in [5.74, 6) is 0.589. The van der Waals surface area contributed by atoms with Gasteiger partial charge in [-0.05, 0) is 0 Å².